The summed E-state index contributed by atoms with van der Waals surface area (Å²) < 4.78 is 33.6. The van der Waals surface area contributed by atoms with Gasteiger partial charge in [-0.25, -0.2) is 13.1 Å². The van der Waals surface area contributed by atoms with Gasteiger partial charge in [0.05, 0.1) is 28.7 Å². The second-order valence-corrected chi connectivity index (χ2v) is 9.97. The number of sulfonamides is 1. The molecule has 2 heterocycles. The predicted molar refractivity (Wildman–Crippen MR) is 118 cm³/mol. The number of nitrogens with one attached hydrogen (secondary N) is 1. The van der Waals surface area contributed by atoms with Crippen LogP contribution in [0.4, 0.5) is 0 Å². The SMILES string of the molecule is N#Cc1ccc(S(=O)(=O)NCCCN2CC3CN(Cc4ccccc4)CC(C2)O3)cc1. The van der Waals surface area contributed by atoms with Crippen LogP contribution in [-0.4, -0.2) is 69.7 Å². The Kier molecular flexibility index (Phi) is 7.00. The smallest absolute Gasteiger partial charge is 0.240 e. The summed E-state index contributed by atoms with van der Waals surface area (Å²) in [4.78, 5) is 5.04. The number of nitrogens with zero attached hydrogens (tertiary/aromatic N) is 3. The molecule has 0 amide bonds. The fraction of sp³-hybridized carbons (Fsp3) is 0.435. The van der Waals surface area contributed by atoms with E-state index in [1.54, 1.807) is 0 Å². The standard InChI is InChI=1S/C23H28N4O3S/c24-13-19-7-9-23(10-8-19)31(28,29)25-11-4-12-26-15-21-17-27(18-22(16-26)30-21)14-20-5-2-1-3-6-20/h1-3,5-10,21-22,25H,4,11-12,14-18H2. The van der Waals surface area contributed by atoms with Gasteiger partial charge in [-0.3, -0.25) is 9.80 Å². The zero-order chi connectivity index (χ0) is 21.7. The van der Waals surface area contributed by atoms with Gasteiger partial charge in [-0.05, 0) is 42.8 Å². The van der Waals surface area contributed by atoms with Crippen molar-refractivity contribution in [2.24, 2.45) is 0 Å². The molecule has 164 valence electrons. The lowest BCUT2D eigenvalue weighted by Gasteiger charge is -2.46. The van der Waals surface area contributed by atoms with Crippen molar-refractivity contribution in [1.29, 1.82) is 5.26 Å². The molecule has 0 spiro atoms. The van der Waals surface area contributed by atoms with Crippen molar-refractivity contribution in [2.75, 3.05) is 39.3 Å². The van der Waals surface area contributed by atoms with Crippen molar-refractivity contribution in [1.82, 2.24) is 14.5 Å². The molecule has 2 saturated heterocycles. The number of rotatable bonds is 8. The van der Waals surface area contributed by atoms with E-state index in [2.05, 4.69) is 38.8 Å². The molecule has 2 aliphatic rings. The zero-order valence-electron chi connectivity index (χ0n) is 17.5. The number of benzene rings is 2. The molecule has 31 heavy (non-hydrogen) atoms. The van der Waals surface area contributed by atoms with Crippen LogP contribution in [0.25, 0.3) is 0 Å². The third-order valence-corrected chi connectivity index (χ3v) is 7.20. The highest BCUT2D eigenvalue weighted by molar-refractivity contribution is 7.89. The van der Waals surface area contributed by atoms with Crippen LogP contribution in [0.2, 0.25) is 0 Å². The third kappa shape index (κ3) is 5.91. The van der Waals surface area contributed by atoms with E-state index < -0.39 is 10.0 Å². The van der Waals surface area contributed by atoms with E-state index in [0.717, 1.165) is 45.7 Å². The molecule has 2 aliphatic heterocycles. The van der Waals surface area contributed by atoms with E-state index in [1.807, 2.05) is 12.1 Å². The first-order valence-corrected chi connectivity index (χ1v) is 12.1. The summed E-state index contributed by atoms with van der Waals surface area (Å²) in [6, 6.07) is 18.5. The zero-order valence-corrected chi connectivity index (χ0v) is 18.3. The molecule has 2 bridgehead atoms. The second-order valence-electron chi connectivity index (χ2n) is 8.21. The largest absolute Gasteiger partial charge is 0.370 e. The monoisotopic (exact) mass is 440 g/mol. The first kappa shape index (κ1) is 21.9. The van der Waals surface area contributed by atoms with E-state index in [9.17, 15) is 8.42 Å². The maximum Gasteiger partial charge on any atom is 0.240 e. The van der Waals surface area contributed by atoms with Gasteiger partial charge >= 0.3 is 0 Å². The van der Waals surface area contributed by atoms with E-state index in [4.69, 9.17) is 10.00 Å². The van der Waals surface area contributed by atoms with Crippen LogP contribution in [0.5, 0.6) is 0 Å². The summed E-state index contributed by atoms with van der Waals surface area (Å²) in [6.45, 7) is 5.78. The fourth-order valence-corrected chi connectivity index (χ4v) is 5.39. The van der Waals surface area contributed by atoms with E-state index >= 15 is 0 Å². The first-order valence-electron chi connectivity index (χ1n) is 10.7. The molecule has 0 aromatic heterocycles. The van der Waals surface area contributed by atoms with Crippen LogP contribution in [0.3, 0.4) is 0 Å². The average Bonchev–Trinajstić information content (AvgIpc) is 2.77. The Morgan fingerprint density at radius 2 is 1.61 bits per heavy atom. The molecule has 0 saturated carbocycles. The molecule has 4 rings (SSSR count). The minimum Gasteiger partial charge on any atom is -0.370 e. The predicted octanol–water partition coefficient (Wildman–Crippen LogP) is 1.81. The fourth-order valence-electron chi connectivity index (χ4n) is 4.32. The van der Waals surface area contributed by atoms with E-state index in [1.165, 1.54) is 29.8 Å². The van der Waals surface area contributed by atoms with Crippen molar-refractivity contribution in [3.63, 3.8) is 0 Å². The molecule has 2 atom stereocenters. The lowest BCUT2D eigenvalue weighted by atomic mass is 10.1. The lowest BCUT2D eigenvalue weighted by Crippen LogP contribution is -2.59. The highest BCUT2D eigenvalue weighted by Gasteiger charge is 2.34. The number of hydrogen-bond donors (Lipinski definition) is 1. The van der Waals surface area contributed by atoms with Crippen molar-refractivity contribution in [3.05, 3.63) is 65.7 Å². The van der Waals surface area contributed by atoms with Crippen molar-refractivity contribution >= 4 is 10.0 Å². The van der Waals surface area contributed by atoms with Gasteiger partial charge in [-0.15, -0.1) is 0 Å². The number of hydrogen-bond acceptors (Lipinski definition) is 6. The van der Waals surface area contributed by atoms with E-state index in [0.29, 0.717) is 12.1 Å². The lowest BCUT2D eigenvalue weighted by molar-refractivity contribution is -0.140. The minimum absolute atomic E-state index is 0.186. The molecule has 7 nitrogen and oxygen atoms in total. The van der Waals surface area contributed by atoms with Gasteiger partial charge < -0.3 is 4.74 Å². The van der Waals surface area contributed by atoms with E-state index in [-0.39, 0.29) is 17.1 Å². The molecule has 0 radical (unpaired) electrons. The molecule has 2 aromatic carbocycles. The van der Waals surface area contributed by atoms with Gasteiger partial charge in [-0.2, -0.15) is 5.26 Å². The second kappa shape index (κ2) is 9.90. The molecular formula is C23H28N4O3S. The Morgan fingerprint density at radius 3 is 2.26 bits per heavy atom. The van der Waals surface area contributed by atoms with Crippen LogP contribution >= 0.6 is 0 Å². The normalized spacial score (nSPS) is 22.2. The highest BCUT2D eigenvalue weighted by Crippen LogP contribution is 2.21. The quantitative estimate of drug-likeness (QED) is 0.630. The molecule has 8 heteroatoms. The van der Waals surface area contributed by atoms with Crippen molar-refractivity contribution in [2.45, 2.75) is 30.1 Å². The molecule has 2 unspecified atom stereocenters. The van der Waals surface area contributed by atoms with Crippen molar-refractivity contribution in [3.8, 4) is 6.07 Å². The summed E-state index contributed by atoms with van der Waals surface area (Å²) in [7, 11) is -3.55. The van der Waals surface area contributed by atoms with Gasteiger partial charge in [0.25, 0.3) is 0 Å². The highest BCUT2D eigenvalue weighted by atomic mass is 32.2. The Bertz CT molecular complexity index is 991. The maximum absolute atomic E-state index is 12.4. The molecular weight excluding hydrogens is 412 g/mol. The Balaban J connectivity index is 1.21. The Morgan fingerprint density at radius 1 is 0.968 bits per heavy atom. The first-order chi connectivity index (χ1) is 15.0. The van der Waals surface area contributed by atoms with Crippen LogP contribution in [0, 0.1) is 11.3 Å². The van der Waals surface area contributed by atoms with Gasteiger partial charge in [0.15, 0.2) is 0 Å². The summed E-state index contributed by atoms with van der Waals surface area (Å²) in [5.41, 5.74) is 1.77. The van der Waals surface area contributed by atoms with Gasteiger partial charge in [0, 0.05) is 39.3 Å². The average molecular weight is 441 g/mol. The molecule has 0 aliphatic carbocycles. The number of nitriles is 1. The summed E-state index contributed by atoms with van der Waals surface area (Å²) in [5.74, 6) is 0. The number of fused-ring (bicyclic) bond motifs is 2. The Hall–Kier alpha value is -2.28. The van der Waals surface area contributed by atoms with Crippen LogP contribution < -0.4 is 4.72 Å². The van der Waals surface area contributed by atoms with Gasteiger partial charge in [-0.1, -0.05) is 30.3 Å². The van der Waals surface area contributed by atoms with Crippen LogP contribution in [0.1, 0.15) is 17.5 Å². The summed E-state index contributed by atoms with van der Waals surface area (Å²) >= 11 is 0. The molecule has 1 N–H and O–H groups in total. The third-order valence-electron chi connectivity index (χ3n) is 5.72. The van der Waals surface area contributed by atoms with Crippen LogP contribution in [-0.2, 0) is 21.3 Å². The van der Waals surface area contributed by atoms with Gasteiger partial charge in [0.2, 0.25) is 10.0 Å². The minimum atomic E-state index is -3.55. The maximum atomic E-state index is 12.4. The van der Waals surface area contributed by atoms with Crippen LogP contribution in [0.15, 0.2) is 59.5 Å². The Labute approximate surface area is 184 Å². The topological polar surface area (TPSA) is 85.7 Å². The molecule has 2 aromatic rings. The molecule has 2 fully saturated rings. The number of morpholine rings is 2. The summed E-state index contributed by atoms with van der Waals surface area (Å²) in [5, 5.41) is 8.84. The van der Waals surface area contributed by atoms with Crippen molar-refractivity contribution < 1.29 is 13.2 Å². The summed E-state index contributed by atoms with van der Waals surface area (Å²) in [6.07, 6.45) is 1.14. The van der Waals surface area contributed by atoms with Gasteiger partial charge in [0.1, 0.15) is 0 Å². The number of ether oxygens (including phenoxy) is 1.